The van der Waals surface area contributed by atoms with Crippen LogP contribution >= 0.6 is 0 Å². The second-order valence-electron chi connectivity index (χ2n) is 6.67. The maximum absolute atomic E-state index is 14.5. The summed E-state index contributed by atoms with van der Waals surface area (Å²) in [6, 6.07) is 17.7. The van der Waals surface area contributed by atoms with Gasteiger partial charge in [0.1, 0.15) is 17.2 Å². The molecule has 0 saturated carbocycles. The third-order valence-corrected chi connectivity index (χ3v) is 4.64. The van der Waals surface area contributed by atoms with Crippen LogP contribution in [0.1, 0.15) is 5.56 Å². The topological polar surface area (TPSA) is 82.5 Å². The third-order valence-electron chi connectivity index (χ3n) is 4.64. The number of halogens is 1. The van der Waals surface area contributed by atoms with Crippen molar-refractivity contribution in [2.75, 3.05) is 0 Å². The highest BCUT2D eigenvalue weighted by atomic mass is 19.1. The lowest BCUT2D eigenvalue weighted by Crippen LogP contribution is -2.02. The highest BCUT2D eigenvalue weighted by molar-refractivity contribution is 5.76. The molecular formula is C22H15FN6O. The molecule has 0 fully saturated rings. The molecule has 30 heavy (non-hydrogen) atoms. The molecule has 0 amide bonds. The monoisotopic (exact) mass is 398 g/mol. The molecule has 0 spiro atoms. The summed E-state index contributed by atoms with van der Waals surface area (Å²) in [6.07, 6.45) is 3.28. The first-order chi connectivity index (χ1) is 14.7. The van der Waals surface area contributed by atoms with Crippen molar-refractivity contribution < 1.29 is 8.91 Å². The van der Waals surface area contributed by atoms with E-state index in [2.05, 4.69) is 25.4 Å². The van der Waals surface area contributed by atoms with Gasteiger partial charge in [0, 0.05) is 23.5 Å². The summed E-state index contributed by atoms with van der Waals surface area (Å²) in [5.74, 6) is 0.209. The molecule has 0 saturated heterocycles. The molecular weight excluding hydrogens is 383 g/mol. The first-order valence-electron chi connectivity index (χ1n) is 9.23. The van der Waals surface area contributed by atoms with E-state index in [4.69, 9.17) is 4.52 Å². The van der Waals surface area contributed by atoms with Crippen LogP contribution in [0.15, 0.2) is 77.6 Å². The number of hydrogen-bond acceptors (Lipinski definition) is 6. The van der Waals surface area contributed by atoms with Crippen molar-refractivity contribution in [1.82, 2.24) is 30.1 Å². The standard InChI is InChI=1S/C22H15FN6O/c1-14-6-8-16(9-7-14)21-25-22(30-27-21)19-20(15-10-12-24-13-11-15)29(28-26-19)18-5-3-2-4-17(18)23/h2-13H,1H3. The molecule has 5 rings (SSSR count). The first-order valence-corrected chi connectivity index (χ1v) is 9.23. The zero-order valence-corrected chi connectivity index (χ0v) is 15.9. The first kappa shape index (κ1) is 17.9. The Balaban J connectivity index is 1.66. The van der Waals surface area contributed by atoms with E-state index in [1.165, 1.54) is 10.7 Å². The SMILES string of the molecule is Cc1ccc(-c2noc(-c3nnn(-c4ccccc4F)c3-c3ccncc3)n2)cc1. The van der Waals surface area contributed by atoms with Gasteiger partial charge >= 0.3 is 0 Å². The molecule has 0 bridgehead atoms. The van der Waals surface area contributed by atoms with Gasteiger partial charge in [0.2, 0.25) is 5.82 Å². The van der Waals surface area contributed by atoms with Crippen LogP contribution in [-0.4, -0.2) is 30.1 Å². The average molecular weight is 398 g/mol. The molecule has 8 heteroatoms. The Kier molecular flexibility index (Phi) is 4.36. The van der Waals surface area contributed by atoms with Crippen molar-refractivity contribution >= 4 is 0 Å². The van der Waals surface area contributed by atoms with Gasteiger partial charge in [0.05, 0.1) is 0 Å². The van der Waals surface area contributed by atoms with Crippen LogP contribution in [0.25, 0.3) is 39.9 Å². The van der Waals surface area contributed by atoms with Crippen molar-refractivity contribution in [2.24, 2.45) is 0 Å². The molecule has 0 radical (unpaired) electrons. The van der Waals surface area contributed by atoms with Crippen LogP contribution in [0, 0.1) is 12.7 Å². The van der Waals surface area contributed by atoms with Crippen LogP contribution in [0.2, 0.25) is 0 Å². The molecule has 7 nitrogen and oxygen atoms in total. The highest BCUT2D eigenvalue weighted by Gasteiger charge is 2.24. The second-order valence-corrected chi connectivity index (χ2v) is 6.67. The summed E-state index contributed by atoms with van der Waals surface area (Å²) in [6.45, 7) is 2.01. The van der Waals surface area contributed by atoms with Gasteiger partial charge in [0.15, 0.2) is 5.69 Å². The van der Waals surface area contributed by atoms with Crippen LogP contribution < -0.4 is 0 Å². The Bertz CT molecular complexity index is 1310. The molecule has 3 heterocycles. The van der Waals surface area contributed by atoms with Crippen molar-refractivity contribution in [3.63, 3.8) is 0 Å². The van der Waals surface area contributed by atoms with Gasteiger partial charge in [-0.05, 0) is 31.2 Å². The Hall–Kier alpha value is -4.20. The number of hydrogen-bond donors (Lipinski definition) is 0. The molecule has 5 aromatic rings. The second kappa shape index (κ2) is 7.32. The summed E-state index contributed by atoms with van der Waals surface area (Å²) in [4.78, 5) is 8.55. The van der Waals surface area contributed by atoms with Crippen LogP contribution in [0.4, 0.5) is 4.39 Å². The molecule has 3 aromatic heterocycles. The van der Waals surface area contributed by atoms with Crippen LogP contribution in [0.5, 0.6) is 0 Å². The van der Waals surface area contributed by atoms with E-state index < -0.39 is 5.82 Å². The van der Waals surface area contributed by atoms with Crippen LogP contribution in [-0.2, 0) is 0 Å². The lowest BCUT2D eigenvalue weighted by atomic mass is 10.1. The third kappa shape index (κ3) is 3.14. The molecule has 0 N–H and O–H groups in total. The van der Waals surface area contributed by atoms with Gasteiger partial charge in [0.25, 0.3) is 5.89 Å². The minimum Gasteiger partial charge on any atom is -0.332 e. The molecule has 0 aliphatic heterocycles. The lowest BCUT2D eigenvalue weighted by molar-refractivity contribution is 0.431. The van der Waals surface area contributed by atoms with Crippen molar-refractivity contribution in [2.45, 2.75) is 6.92 Å². The van der Waals surface area contributed by atoms with E-state index in [9.17, 15) is 4.39 Å². The maximum Gasteiger partial charge on any atom is 0.281 e. The van der Waals surface area contributed by atoms with E-state index in [1.807, 2.05) is 31.2 Å². The number of aryl methyl sites for hydroxylation is 1. The number of nitrogens with zero attached hydrogens (tertiary/aromatic N) is 6. The Labute approximate surface area is 170 Å². The lowest BCUT2D eigenvalue weighted by Gasteiger charge is -2.08. The zero-order chi connectivity index (χ0) is 20.5. The average Bonchev–Trinajstić information content (AvgIpc) is 3.43. The minimum absolute atomic E-state index is 0.194. The van der Waals surface area contributed by atoms with E-state index in [-0.39, 0.29) is 11.6 Å². The largest absolute Gasteiger partial charge is 0.332 e. The van der Waals surface area contributed by atoms with Gasteiger partial charge in [-0.25, -0.2) is 9.07 Å². The molecule has 0 aliphatic carbocycles. The van der Waals surface area contributed by atoms with Gasteiger partial charge in [-0.1, -0.05) is 52.3 Å². The molecule has 0 atom stereocenters. The molecule has 146 valence electrons. The fourth-order valence-electron chi connectivity index (χ4n) is 3.13. The maximum atomic E-state index is 14.5. The number of benzene rings is 2. The predicted octanol–water partition coefficient (Wildman–Crippen LogP) is 4.49. The Morgan fingerprint density at radius 2 is 1.67 bits per heavy atom. The zero-order valence-electron chi connectivity index (χ0n) is 15.9. The van der Waals surface area contributed by atoms with Gasteiger partial charge in [-0.15, -0.1) is 5.10 Å². The fourth-order valence-corrected chi connectivity index (χ4v) is 3.13. The highest BCUT2D eigenvalue weighted by Crippen LogP contribution is 2.32. The van der Waals surface area contributed by atoms with Crippen LogP contribution in [0.3, 0.4) is 0 Å². The van der Waals surface area contributed by atoms with Crippen molar-refractivity contribution in [3.8, 4) is 39.9 Å². The normalized spacial score (nSPS) is 11.0. The number of aromatic nitrogens is 6. The summed E-state index contributed by atoms with van der Waals surface area (Å²) in [5, 5.41) is 12.5. The van der Waals surface area contributed by atoms with Gasteiger partial charge in [-0.3, -0.25) is 4.98 Å². The van der Waals surface area contributed by atoms with E-state index in [1.54, 1.807) is 42.7 Å². The van der Waals surface area contributed by atoms with Crippen molar-refractivity contribution in [1.29, 1.82) is 0 Å². The number of para-hydroxylation sites is 1. The smallest absolute Gasteiger partial charge is 0.281 e. The Morgan fingerprint density at radius 1 is 0.900 bits per heavy atom. The van der Waals surface area contributed by atoms with E-state index in [0.29, 0.717) is 17.2 Å². The predicted molar refractivity (Wildman–Crippen MR) is 108 cm³/mol. The quantitative estimate of drug-likeness (QED) is 0.443. The minimum atomic E-state index is -0.421. The molecule has 0 unspecified atom stereocenters. The van der Waals surface area contributed by atoms with Crippen molar-refractivity contribution in [3.05, 3.63) is 84.4 Å². The summed E-state index contributed by atoms with van der Waals surface area (Å²) >= 11 is 0. The summed E-state index contributed by atoms with van der Waals surface area (Å²) < 4.78 is 21.4. The van der Waals surface area contributed by atoms with Gasteiger partial charge < -0.3 is 4.52 Å². The number of pyridine rings is 1. The van der Waals surface area contributed by atoms with Gasteiger partial charge in [-0.2, -0.15) is 4.98 Å². The van der Waals surface area contributed by atoms with E-state index in [0.717, 1.165) is 16.7 Å². The Morgan fingerprint density at radius 3 is 2.43 bits per heavy atom. The van der Waals surface area contributed by atoms with E-state index >= 15 is 0 Å². The molecule has 2 aromatic carbocycles. The number of rotatable bonds is 4. The fraction of sp³-hybridized carbons (Fsp3) is 0.0455. The molecule has 0 aliphatic rings. The summed E-state index contributed by atoms with van der Waals surface area (Å²) in [5.41, 5.74) is 3.85. The summed E-state index contributed by atoms with van der Waals surface area (Å²) in [7, 11) is 0.